The molecule has 0 bridgehead atoms. The highest BCUT2D eigenvalue weighted by atomic mass is 31.1. The molecule has 16 heavy (non-hydrogen) atoms. The van der Waals surface area contributed by atoms with Gasteiger partial charge in [-0.15, -0.1) is 0 Å². The van der Waals surface area contributed by atoms with Gasteiger partial charge in [0.1, 0.15) is 11.4 Å². The van der Waals surface area contributed by atoms with Gasteiger partial charge in [-0.1, -0.05) is 26.0 Å². The van der Waals surface area contributed by atoms with Crippen molar-refractivity contribution in [3.63, 3.8) is 0 Å². The van der Waals surface area contributed by atoms with Crippen molar-refractivity contribution in [1.82, 2.24) is 0 Å². The van der Waals surface area contributed by atoms with Gasteiger partial charge in [-0.25, -0.2) is 4.39 Å². The Hall–Kier alpha value is -0.700. The molecular formula is C11H16FO3P. The van der Waals surface area contributed by atoms with Crippen molar-refractivity contribution in [2.45, 2.75) is 32.3 Å². The Morgan fingerprint density at radius 2 is 1.81 bits per heavy atom. The minimum atomic E-state index is -3.02. The zero-order chi connectivity index (χ0) is 12.2. The van der Waals surface area contributed by atoms with Gasteiger partial charge in [0.25, 0.3) is 0 Å². The molecule has 1 rings (SSSR count). The van der Waals surface area contributed by atoms with Crippen LogP contribution in [0.2, 0.25) is 0 Å². The van der Waals surface area contributed by atoms with Gasteiger partial charge in [-0.3, -0.25) is 9.09 Å². The Balaban J connectivity index is 3.09. The highest BCUT2D eigenvalue weighted by molar-refractivity contribution is 7.32. The molecule has 1 N–H and O–H groups in total. The predicted octanol–water partition coefficient (Wildman–Crippen LogP) is 3.24. The molecule has 5 heteroatoms. The molecule has 0 aliphatic heterocycles. The summed E-state index contributed by atoms with van der Waals surface area (Å²) in [5, 5.41) is 0. The molecule has 0 aliphatic carbocycles. The van der Waals surface area contributed by atoms with E-state index < -0.39 is 13.9 Å². The van der Waals surface area contributed by atoms with E-state index in [1.807, 2.05) is 13.8 Å². The van der Waals surface area contributed by atoms with Crippen LogP contribution in [0.5, 0.6) is 0 Å². The molecule has 0 radical (unpaired) electrons. The maximum Gasteiger partial charge on any atom is 0.317 e. The van der Waals surface area contributed by atoms with E-state index in [-0.39, 0.29) is 5.82 Å². The van der Waals surface area contributed by atoms with E-state index in [4.69, 9.17) is 9.42 Å². The van der Waals surface area contributed by atoms with E-state index in [2.05, 4.69) is 0 Å². The second kappa shape index (κ2) is 5.58. The Kier molecular flexibility index (Phi) is 4.66. The first-order valence-electron chi connectivity index (χ1n) is 5.22. The van der Waals surface area contributed by atoms with E-state index in [1.165, 1.54) is 12.1 Å². The summed E-state index contributed by atoms with van der Waals surface area (Å²) in [5.41, 5.74) is -0.0651. The number of hydrogen-bond donors (Lipinski definition) is 1. The van der Waals surface area contributed by atoms with Gasteiger partial charge in [0.2, 0.25) is 0 Å². The van der Waals surface area contributed by atoms with Crippen molar-refractivity contribution in [2.24, 2.45) is 0 Å². The van der Waals surface area contributed by atoms with Crippen molar-refractivity contribution in [3.8, 4) is 0 Å². The second-order valence-electron chi connectivity index (χ2n) is 3.58. The minimum Gasteiger partial charge on any atom is -0.326 e. The van der Waals surface area contributed by atoms with Crippen LogP contribution in [0.25, 0.3) is 0 Å². The van der Waals surface area contributed by atoms with Crippen LogP contribution in [0.4, 0.5) is 4.39 Å². The molecular weight excluding hydrogens is 230 g/mol. The standard InChI is InChI=1S/C11H16FO3P/c1-3-11(4-2,15-16(13)14)9-5-7-10(12)8-6-9/h5-8,16H,3-4H2,1-2H3,(H,13,14). The van der Waals surface area contributed by atoms with Crippen LogP contribution < -0.4 is 0 Å². The van der Waals surface area contributed by atoms with Gasteiger partial charge >= 0.3 is 8.25 Å². The fourth-order valence-electron chi connectivity index (χ4n) is 1.78. The molecule has 3 nitrogen and oxygen atoms in total. The van der Waals surface area contributed by atoms with Crippen LogP contribution in [-0.2, 0) is 14.7 Å². The summed E-state index contributed by atoms with van der Waals surface area (Å²) in [4.78, 5) is 8.92. The first kappa shape index (κ1) is 13.4. The van der Waals surface area contributed by atoms with E-state index in [9.17, 15) is 8.96 Å². The highest BCUT2D eigenvalue weighted by Gasteiger charge is 2.31. The summed E-state index contributed by atoms with van der Waals surface area (Å²) in [5.74, 6) is -0.332. The quantitative estimate of drug-likeness (QED) is 0.811. The van der Waals surface area contributed by atoms with E-state index in [0.717, 1.165) is 5.56 Å². The van der Waals surface area contributed by atoms with Gasteiger partial charge in [0.15, 0.2) is 0 Å². The van der Waals surface area contributed by atoms with Crippen molar-refractivity contribution >= 4 is 8.25 Å². The topological polar surface area (TPSA) is 46.5 Å². The molecule has 1 aromatic carbocycles. The molecule has 1 atom stereocenters. The Bertz CT molecular complexity index is 360. The van der Waals surface area contributed by atoms with Crippen LogP contribution in [0.15, 0.2) is 24.3 Å². The van der Waals surface area contributed by atoms with Crippen LogP contribution in [0, 0.1) is 5.82 Å². The zero-order valence-corrected chi connectivity index (χ0v) is 10.4. The van der Waals surface area contributed by atoms with Crippen molar-refractivity contribution < 1.29 is 18.4 Å². The lowest BCUT2D eigenvalue weighted by Gasteiger charge is -2.30. The maximum atomic E-state index is 12.8. The Labute approximate surface area is 95.2 Å². The number of rotatable bonds is 5. The van der Waals surface area contributed by atoms with Crippen LogP contribution in [0.1, 0.15) is 32.3 Å². The Morgan fingerprint density at radius 3 is 2.19 bits per heavy atom. The zero-order valence-electron chi connectivity index (χ0n) is 9.37. The third-order valence-corrected chi connectivity index (χ3v) is 3.36. The molecule has 0 aromatic heterocycles. The molecule has 1 aromatic rings. The lowest BCUT2D eigenvalue weighted by atomic mass is 9.89. The van der Waals surface area contributed by atoms with Crippen molar-refractivity contribution in [2.75, 3.05) is 0 Å². The molecule has 0 aliphatic rings. The summed E-state index contributed by atoms with van der Waals surface area (Å²) in [7, 11) is -3.02. The monoisotopic (exact) mass is 246 g/mol. The van der Waals surface area contributed by atoms with Gasteiger partial charge in [0.05, 0.1) is 0 Å². The summed E-state index contributed by atoms with van der Waals surface area (Å²) >= 11 is 0. The molecule has 0 amide bonds. The normalized spacial score (nSPS) is 13.8. The van der Waals surface area contributed by atoms with Crippen LogP contribution in [0.3, 0.4) is 0 Å². The van der Waals surface area contributed by atoms with E-state index in [0.29, 0.717) is 12.8 Å². The molecule has 0 spiro atoms. The van der Waals surface area contributed by atoms with Crippen molar-refractivity contribution in [3.05, 3.63) is 35.6 Å². The molecule has 1 unspecified atom stereocenters. The van der Waals surface area contributed by atoms with Gasteiger partial charge in [0, 0.05) is 0 Å². The predicted molar refractivity (Wildman–Crippen MR) is 61.0 cm³/mol. The molecule has 0 saturated carbocycles. The van der Waals surface area contributed by atoms with E-state index >= 15 is 0 Å². The third-order valence-electron chi connectivity index (χ3n) is 2.80. The summed E-state index contributed by atoms with van der Waals surface area (Å²) in [6.07, 6.45) is 1.12. The van der Waals surface area contributed by atoms with Crippen LogP contribution in [-0.4, -0.2) is 4.89 Å². The van der Waals surface area contributed by atoms with Gasteiger partial charge in [-0.05, 0) is 30.5 Å². The third kappa shape index (κ3) is 2.91. The SMILES string of the molecule is CCC(CC)(O[PH](=O)O)c1ccc(F)cc1. The molecule has 0 heterocycles. The average molecular weight is 246 g/mol. The number of halogens is 1. The van der Waals surface area contributed by atoms with Gasteiger partial charge < -0.3 is 4.89 Å². The maximum absolute atomic E-state index is 12.8. The average Bonchev–Trinajstić information content (AvgIpc) is 2.27. The largest absolute Gasteiger partial charge is 0.326 e. The lowest BCUT2D eigenvalue weighted by Crippen LogP contribution is -2.25. The smallest absolute Gasteiger partial charge is 0.317 e. The molecule has 0 saturated heterocycles. The van der Waals surface area contributed by atoms with Crippen LogP contribution >= 0.6 is 8.25 Å². The number of benzene rings is 1. The molecule has 0 fully saturated rings. The highest BCUT2D eigenvalue weighted by Crippen LogP contribution is 2.40. The fourth-order valence-corrected chi connectivity index (χ4v) is 2.52. The minimum absolute atomic E-state index is 0.332. The summed E-state index contributed by atoms with van der Waals surface area (Å²) in [6, 6.07) is 5.83. The molecule has 90 valence electrons. The Morgan fingerprint density at radius 1 is 1.31 bits per heavy atom. The first-order chi connectivity index (χ1) is 7.54. The number of hydrogen-bond acceptors (Lipinski definition) is 2. The van der Waals surface area contributed by atoms with E-state index in [1.54, 1.807) is 12.1 Å². The summed E-state index contributed by atoms with van der Waals surface area (Å²) in [6.45, 7) is 3.75. The van der Waals surface area contributed by atoms with Crippen molar-refractivity contribution in [1.29, 1.82) is 0 Å². The lowest BCUT2D eigenvalue weighted by molar-refractivity contribution is 0.0535. The summed E-state index contributed by atoms with van der Waals surface area (Å²) < 4.78 is 28.8. The second-order valence-corrected chi connectivity index (χ2v) is 4.31. The fraction of sp³-hybridized carbons (Fsp3) is 0.455. The van der Waals surface area contributed by atoms with Gasteiger partial charge in [-0.2, -0.15) is 0 Å². The first-order valence-corrected chi connectivity index (χ1v) is 6.48.